The number of hydrogen-bond donors (Lipinski definition) is 2. The van der Waals surface area contributed by atoms with Crippen LogP contribution in [0.2, 0.25) is 0 Å². The van der Waals surface area contributed by atoms with Crippen molar-refractivity contribution in [1.82, 2.24) is 10.2 Å². The van der Waals surface area contributed by atoms with Gasteiger partial charge in [0.25, 0.3) is 0 Å². The van der Waals surface area contributed by atoms with E-state index in [1.54, 1.807) is 0 Å². The number of aliphatic carboxylic acids is 1. The molecule has 0 saturated heterocycles. The van der Waals surface area contributed by atoms with Gasteiger partial charge in [-0.1, -0.05) is 30.3 Å². The Kier molecular flexibility index (Phi) is 5.35. The predicted molar refractivity (Wildman–Crippen MR) is 88.5 cm³/mol. The van der Waals surface area contributed by atoms with E-state index < -0.39 is 12.1 Å². The highest BCUT2D eigenvalue weighted by Crippen LogP contribution is 2.33. The first-order valence-corrected chi connectivity index (χ1v) is 8.53. The molecule has 0 aliphatic heterocycles. The van der Waals surface area contributed by atoms with Crippen molar-refractivity contribution in [3.05, 3.63) is 35.9 Å². The quantitative estimate of drug-likeness (QED) is 0.763. The van der Waals surface area contributed by atoms with Crippen molar-refractivity contribution >= 4 is 12.1 Å². The molecular weight excluding hydrogens is 308 g/mol. The summed E-state index contributed by atoms with van der Waals surface area (Å²) >= 11 is 0. The van der Waals surface area contributed by atoms with Gasteiger partial charge in [-0.2, -0.15) is 0 Å². The summed E-state index contributed by atoms with van der Waals surface area (Å²) in [7, 11) is 0. The summed E-state index contributed by atoms with van der Waals surface area (Å²) in [5, 5.41) is 11.9. The molecular formula is C18H24N2O4. The van der Waals surface area contributed by atoms with E-state index >= 15 is 0 Å². The van der Waals surface area contributed by atoms with Crippen molar-refractivity contribution in [2.24, 2.45) is 5.92 Å². The maximum Gasteiger partial charge on any atom is 0.407 e. The number of alkyl carbamates (subject to hydrolysis) is 1. The van der Waals surface area contributed by atoms with Crippen molar-refractivity contribution in [2.45, 2.75) is 44.4 Å². The Labute approximate surface area is 141 Å². The van der Waals surface area contributed by atoms with Crippen LogP contribution in [0, 0.1) is 5.92 Å². The molecule has 0 atom stereocenters. The lowest BCUT2D eigenvalue weighted by Crippen LogP contribution is -2.55. The average molecular weight is 332 g/mol. The van der Waals surface area contributed by atoms with Crippen LogP contribution in [0.15, 0.2) is 30.3 Å². The molecule has 2 N–H and O–H groups in total. The molecule has 0 aromatic heterocycles. The molecule has 1 amide bonds. The molecule has 1 aromatic rings. The highest BCUT2D eigenvalue weighted by atomic mass is 16.5. The zero-order valence-corrected chi connectivity index (χ0v) is 13.7. The van der Waals surface area contributed by atoms with Crippen LogP contribution in [-0.2, 0) is 16.1 Å². The van der Waals surface area contributed by atoms with Crippen LogP contribution in [0.25, 0.3) is 0 Å². The van der Waals surface area contributed by atoms with Crippen molar-refractivity contribution in [2.75, 3.05) is 13.1 Å². The highest BCUT2D eigenvalue weighted by molar-refractivity contribution is 5.69. The van der Waals surface area contributed by atoms with Gasteiger partial charge in [-0.05, 0) is 37.2 Å². The van der Waals surface area contributed by atoms with Gasteiger partial charge in [0.15, 0.2) is 0 Å². The van der Waals surface area contributed by atoms with Crippen molar-refractivity contribution in [1.29, 1.82) is 0 Å². The maximum atomic E-state index is 11.8. The highest BCUT2D eigenvalue weighted by Gasteiger charge is 2.37. The van der Waals surface area contributed by atoms with E-state index in [1.165, 1.54) is 12.8 Å². The standard InChI is InChI=1S/C18H24N2O4/c21-17(22)11-20(10-13-6-7-13)16-8-15(9-16)19-18(23)24-12-14-4-2-1-3-5-14/h1-5,13,15-16H,6-12H2,(H,19,23)(H,21,22). The molecule has 2 saturated carbocycles. The molecule has 0 radical (unpaired) electrons. The van der Waals surface area contributed by atoms with E-state index in [4.69, 9.17) is 9.84 Å². The third-order valence-electron chi connectivity index (χ3n) is 4.69. The van der Waals surface area contributed by atoms with Gasteiger partial charge in [-0.15, -0.1) is 0 Å². The number of carbonyl (C=O) groups excluding carboxylic acids is 1. The summed E-state index contributed by atoms with van der Waals surface area (Å²) in [5.41, 5.74) is 0.955. The summed E-state index contributed by atoms with van der Waals surface area (Å²) in [5.74, 6) is -0.124. The van der Waals surface area contributed by atoms with Gasteiger partial charge < -0.3 is 15.2 Å². The SMILES string of the molecule is O=C(O)CN(CC1CC1)C1CC(NC(=O)OCc2ccccc2)C1. The Balaban J connectivity index is 1.37. The van der Waals surface area contributed by atoms with E-state index in [0.717, 1.165) is 24.9 Å². The first-order valence-electron chi connectivity index (χ1n) is 8.53. The molecule has 1 aromatic carbocycles. The van der Waals surface area contributed by atoms with Crippen LogP contribution in [0.3, 0.4) is 0 Å². The van der Waals surface area contributed by atoms with Crippen LogP contribution in [-0.4, -0.2) is 47.2 Å². The molecule has 2 aliphatic carbocycles. The number of ether oxygens (including phenoxy) is 1. The first kappa shape index (κ1) is 16.8. The summed E-state index contributed by atoms with van der Waals surface area (Å²) in [6, 6.07) is 9.88. The van der Waals surface area contributed by atoms with Gasteiger partial charge >= 0.3 is 12.1 Å². The van der Waals surface area contributed by atoms with E-state index in [2.05, 4.69) is 5.32 Å². The first-order chi connectivity index (χ1) is 11.6. The number of carboxylic acid groups (broad SMARTS) is 1. The van der Waals surface area contributed by atoms with Crippen LogP contribution < -0.4 is 5.32 Å². The Morgan fingerprint density at radius 3 is 2.54 bits per heavy atom. The van der Waals surface area contributed by atoms with E-state index in [0.29, 0.717) is 5.92 Å². The van der Waals surface area contributed by atoms with E-state index in [-0.39, 0.29) is 25.2 Å². The molecule has 2 aliphatic rings. The van der Waals surface area contributed by atoms with Crippen LogP contribution in [0.1, 0.15) is 31.2 Å². The minimum Gasteiger partial charge on any atom is -0.480 e. The second-order valence-electron chi connectivity index (χ2n) is 6.79. The molecule has 0 heterocycles. The van der Waals surface area contributed by atoms with E-state index in [9.17, 15) is 9.59 Å². The molecule has 2 fully saturated rings. The number of carboxylic acids is 1. The smallest absolute Gasteiger partial charge is 0.407 e. The monoisotopic (exact) mass is 332 g/mol. The largest absolute Gasteiger partial charge is 0.480 e. The number of hydrogen-bond acceptors (Lipinski definition) is 4. The fourth-order valence-corrected chi connectivity index (χ4v) is 3.08. The van der Waals surface area contributed by atoms with Gasteiger partial charge in [0, 0.05) is 18.6 Å². The summed E-state index contributed by atoms with van der Waals surface area (Å²) in [4.78, 5) is 24.9. The number of carbonyl (C=O) groups is 2. The Bertz CT molecular complexity index is 568. The zero-order chi connectivity index (χ0) is 16.9. The molecule has 130 valence electrons. The second kappa shape index (κ2) is 7.66. The van der Waals surface area contributed by atoms with Gasteiger partial charge in [0.05, 0.1) is 6.54 Å². The molecule has 3 rings (SSSR count). The Morgan fingerprint density at radius 1 is 1.21 bits per heavy atom. The molecule has 6 heteroatoms. The van der Waals surface area contributed by atoms with Crippen LogP contribution in [0.5, 0.6) is 0 Å². The number of nitrogens with zero attached hydrogens (tertiary/aromatic N) is 1. The zero-order valence-electron chi connectivity index (χ0n) is 13.7. The van der Waals surface area contributed by atoms with Crippen LogP contribution in [0.4, 0.5) is 4.79 Å². The number of benzene rings is 1. The molecule has 24 heavy (non-hydrogen) atoms. The summed E-state index contributed by atoms with van der Waals surface area (Å²) in [6.45, 7) is 1.21. The average Bonchev–Trinajstić information content (AvgIpc) is 3.32. The Morgan fingerprint density at radius 2 is 1.92 bits per heavy atom. The minimum atomic E-state index is -0.783. The summed E-state index contributed by atoms with van der Waals surface area (Å²) in [6.07, 6.45) is 3.59. The predicted octanol–water partition coefficient (Wildman–Crippen LogP) is 2.24. The molecule has 0 spiro atoms. The lowest BCUT2D eigenvalue weighted by molar-refractivity contribution is -0.139. The number of rotatable bonds is 8. The normalized spacial score (nSPS) is 22.7. The molecule has 6 nitrogen and oxygen atoms in total. The fraction of sp³-hybridized carbons (Fsp3) is 0.556. The van der Waals surface area contributed by atoms with Gasteiger partial charge in [0.1, 0.15) is 6.61 Å². The fourth-order valence-electron chi connectivity index (χ4n) is 3.08. The third kappa shape index (κ3) is 4.96. The second-order valence-corrected chi connectivity index (χ2v) is 6.79. The van der Waals surface area contributed by atoms with Crippen LogP contribution >= 0.6 is 0 Å². The van der Waals surface area contributed by atoms with E-state index in [1.807, 2.05) is 35.2 Å². The van der Waals surface area contributed by atoms with Crippen molar-refractivity contribution < 1.29 is 19.4 Å². The summed E-state index contributed by atoms with van der Waals surface area (Å²) < 4.78 is 5.21. The molecule has 0 bridgehead atoms. The maximum absolute atomic E-state index is 11.8. The molecule has 0 unspecified atom stereocenters. The van der Waals surface area contributed by atoms with Gasteiger partial charge in [-0.3, -0.25) is 9.69 Å². The topological polar surface area (TPSA) is 78.9 Å². The third-order valence-corrected chi connectivity index (χ3v) is 4.69. The van der Waals surface area contributed by atoms with Crippen molar-refractivity contribution in [3.8, 4) is 0 Å². The minimum absolute atomic E-state index is 0.0776. The Hall–Kier alpha value is -2.08. The van der Waals surface area contributed by atoms with Crippen molar-refractivity contribution in [3.63, 3.8) is 0 Å². The van der Waals surface area contributed by atoms with Gasteiger partial charge in [0.2, 0.25) is 0 Å². The number of amides is 1. The lowest BCUT2D eigenvalue weighted by atomic mass is 9.85. The number of nitrogens with one attached hydrogen (secondary N) is 1. The lowest BCUT2D eigenvalue weighted by Gasteiger charge is -2.42. The van der Waals surface area contributed by atoms with Gasteiger partial charge in [-0.25, -0.2) is 4.79 Å².